The molecule has 22 heavy (non-hydrogen) atoms. The van der Waals surface area contributed by atoms with Crippen LogP contribution in [0.25, 0.3) is 0 Å². The third-order valence-corrected chi connectivity index (χ3v) is 3.66. The van der Waals surface area contributed by atoms with Crippen molar-refractivity contribution in [2.24, 2.45) is 11.1 Å². The van der Waals surface area contributed by atoms with Crippen LogP contribution in [-0.4, -0.2) is 53.4 Å². The van der Waals surface area contributed by atoms with Crippen molar-refractivity contribution in [3.8, 4) is 0 Å². The van der Waals surface area contributed by atoms with Gasteiger partial charge in [0.2, 0.25) is 5.91 Å². The molecule has 0 fully saturated rings. The van der Waals surface area contributed by atoms with Crippen molar-refractivity contribution < 1.29 is 19.8 Å². The summed E-state index contributed by atoms with van der Waals surface area (Å²) in [6, 6.07) is 0. The number of nitrogens with two attached hydrogens (primary N) is 1. The van der Waals surface area contributed by atoms with Crippen LogP contribution in [0.1, 0.15) is 47.0 Å². The molecule has 0 aromatic rings. The molecule has 7 heteroatoms. The Morgan fingerprint density at radius 3 is 2.18 bits per heavy atom. The standard InChI is InChI=1S/C15H31N3O4/c1-14(2,8-15(3,4)17-5)9-18-13(22)12(21)10(19)6-7-11(16)20/h10,12,17,19,21H,6-9H2,1-5H3,(H2,16,20)(H,18,22)/t10-,12+/m1/s1. The number of aliphatic hydroxyl groups is 2. The van der Waals surface area contributed by atoms with Crippen LogP contribution in [-0.2, 0) is 9.59 Å². The van der Waals surface area contributed by atoms with Gasteiger partial charge in [-0.1, -0.05) is 13.8 Å². The molecule has 0 aliphatic carbocycles. The molecule has 0 aliphatic rings. The number of aliphatic hydroxyl groups excluding tert-OH is 2. The maximum absolute atomic E-state index is 11.9. The van der Waals surface area contributed by atoms with Crippen molar-refractivity contribution in [2.75, 3.05) is 13.6 Å². The Labute approximate surface area is 132 Å². The highest BCUT2D eigenvalue weighted by atomic mass is 16.3. The minimum absolute atomic E-state index is 0.0416. The van der Waals surface area contributed by atoms with Gasteiger partial charge in [-0.3, -0.25) is 9.59 Å². The van der Waals surface area contributed by atoms with E-state index < -0.39 is 24.0 Å². The molecule has 0 aromatic carbocycles. The molecule has 0 rings (SSSR count). The molecule has 7 nitrogen and oxygen atoms in total. The Morgan fingerprint density at radius 1 is 1.18 bits per heavy atom. The molecule has 0 aromatic heterocycles. The number of rotatable bonds is 10. The molecule has 0 saturated carbocycles. The van der Waals surface area contributed by atoms with Gasteiger partial charge in [-0.05, 0) is 39.2 Å². The van der Waals surface area contributed by atoms with E-state index in [0.717, 1.165) is 6.42 Å². The summed E-state index contributed by atoms with van der Waals surface area (Å²) < 4.78 is 0. The monoisotopic (exact) mass is 317 g/mol. The van der Waals surface area contributed by atoms with Gasteiger partial charge >= 0.3 is 0 Å². The van der Waals surface area contributed by atoms with E-state index in [2.05, 4.69) is 24.5 Å². The molecule has 0 spiro atoms. The van der Waals surface area contributed by atoms with Crippen molar-refractivity contribution in [1.29, 1.82) is 0 Å². The van der Waals surface area contributed by atoms with E-state index in [1.165, 1.54) is 0 Å². The molecule has 6 N–H and O–H groups in total. The van der Waals surface area contributed by atoms with Gasteiger partial charge in [-0.15, -0.1) is 0 Å². The van der Waals surface area contributed by atoms with Crippen molar-refractivity contribution in [3.63, 3.8) is 0 Å². The topological polar surface area (TPSA) is 125 Å². The summed E-state index contributed by atoms with van der Waals surface area (Å²) in [7, 11) is 1.88. The Bertz CT molecular complexity index is 383. The molecular formula is C15H31N3O4. The molecule has 0 radical (unpaired) electrons. The number of hydrogen-bond donors (Lipinski definition) is 5. The summed E-state index contributed by atoms with van der Waals surface area (Å²) in [6.07, 6.45) is -2.17. The van der Waals surface area contributed by atoms with Crippen LogP contribution in [0.4, 0.5) is 0 Å². The normalized spacial score (nSPS) is 15.2. The molecule has 0 heterocycles. The minimum Gasteiger partial charge on any atom is -0.390 e. The first-order chi connectivity index (χ1) is 9.90. The maximum Gasteiger partial charge on any atom is 0.251 e. The molecular weight excluding hydrogens is 286 g/mol. The fourth-order valence-electron chi connectivity index (χ4n) is 2.40. The van der Waals surface area contributed by atoms with Crippen LogP contribution in [0.15, 0.2) is 0 Å². The zero-order valence-corrected chi connectivity index (χ0v) is 14.3. The lowest BCUT2D eigenvalue weighted by Gasteiger charge is -2.35. The summed E-state index contributed by atoms with van der Waals surface area (Å²) in [4.78, 5) is 22.5. The van der Waals surface area contributed by atoms with Gasteiger partial charge in [0.15, 0.2) is 6.10 Å². The highest BCUT2D eigenvalue weighted by Gasteiger charge is 2.30. The van der Waals surface area contributed by atoms with E-state index >= 15 is 0 Å². The molecule has 2 amide bonds. The van der Waals surface area contributed by atoms with Crippen molar-refractivity contribution in [1.82, 2.24) is 10.6 Å². The van der Waals surface area contributed by atoms with Crippen LogP contribution in [0, 0.1) is 5.41 Å². The van der Waals surface area contributed by atoms with Crippen LogP contribution in [0.5, 0.6) is 0 Å². The highest BCUT2D eigenvalue weighted by Crippen LogP contribution is 2.26. The molecule has 0 aliphatic heterocycles. The van der Waals surface area contributed by atoms with Crippen LogP contribution >= 0.6 is 0 Å². The number of nitrogens with one attached hydrogen (secondary N) is 2. The SMILES string of the molecule is CNC(C)(C)CC(C)(C)CNC(=O)[C@@H](O)[C@H](O)CCC(N)=O. The zero-order chi connectivity index (χ0) is 17.6. The summed E-state index contributed by atoms with van der Waals surface area (Å²) in [5, 5.41) is 25.3. The summed E-state index contributed by atoms with van der Waals surface area (Å²) >= 11 is 0. The smallest absolute Gasteiger partial charge is 0.251 e. The zero-order valence-electron chi connectivity index (χ0n) is 14.3. The lowest BCUT2D eigenvalue weighted by atomic mass is 9.80. The molecule has 130 valence electrons. The van der Waals surface area contributed by atoms with Gasteiger partial charge in [0.1, 0.15) is 0 Å². The Balaban J connectivity index is 4.38. The Hall–Kier alpha value is -1.18. The van der Waals surface area contributed by atoms with E-state index in [1.54, 1.807) is 0 Å². The average Bonchev–Trinajstić information content (AvgIpc) is 2.40. The summed E-state index contributed by atoms with van der Waals surface area (Å²) in [5.41, 5.74) is 4.71. The summed E-state index contributed by atoms with van der Waals surface area (Å²) in [5.74, 6) is -1.23. The fraction of sp³-hybridized carbons (Fsp3) is 0.867. The lowest BCUT2D eigenvalue weighted by molar-refractivity contribution is -0.136. The summed E-state index contributed by atoms with van der Waals surface area (Å²) in [6.45, 7) is 8.54. The third kappa shape index (κ3) is 8.31. The third-order valence-electron chi connectivity index (χ3n) is 3.66. The second kappa shape index (κ2) is 8.45. The molecule has 2 atom stereocenters. The molecule has 0 bridgehead atoms. The first-order valence-corrected chi connectivity index (χ1v) is 7.51. The van der Waals surface area contributed by atoms with Crippen molar-refractivity contribution in [3.05, 3.63) is 0 Å². The second-order valence-corrected chi connectivity index (χ2v) is 7.21. The molecule has 0 saturated heterocycles. The van der Waals surface area contributed by atoms with E-state index in [9.17, 15) is 19.8 Å². The van der Waals surface area contributed by atoms with Gasteiger partial charge in [0.05, 0.1) is 6.10 Å². The lowest BCUT2D eigenvalue weighted by Crippen LogP contribution is -2.48. The van der Waals surface area contributed by atoms with Crippen LogP contribution in [0.3, 0.4) is 0 Å². The predicted octanol–water partition coefficient (Wildman–Crippen LogP) is -0.496. The van der Waals surface area contributed by atoms with Crippen molar-refractivity contribution >= 4 is 11.8 Å². The second-order valence-electron chi connectivity index (χ2n) is 7.21. The van der Waals surface area contributed by atoms with Crippen molar-refractivity contribution in [2.45, 2.75) is 64.7 Å². The van der Waals surface area contributed by atoms with E-state index in [0.29, 0.717) is 6.54 Å². The Morgan fingerprint density at radius 2 is 1.73 bits per heavy atom. The fourth-order valence-corrected chi connectivity index (χ4v) is 2.40. The van der Waals surface area contributed by atoms with Gasteiger partial charge < -0.3 is 26.6 Å². The van der Waals surface area contributed by atoms with E-state index in [4.69, 9.17) is 5.73 Å². The van der Waals surface area contributed by atoms with Crippen LogP contribution in [0.2, 0.25) is 0 Å². The van der Waals surface area contributed by atoms with Gasteiger partial charge in [-0.2, -0.15) is 0 Å². The number of hydrogen-bond acceptors (Lipinski definition) is 5. The van der Waals surface area contributed by atoms with Gasteiger partial charge in [0, 0.05) is 18.5 Å². The Kier molecular flexibility index (Phi) is 8.00. The predicted molar refractivity (Wildman–Crippen MR) is 85.0 cm³/mol. The first-order valence-electron chi connectivity index (χ1n) is 7.51. The number of carbonyl (C=O) groups is 2. The largest absolute Gasteiger partial charge is 0.390 e. The average molecular weight is 317 g/mol. The maximum atomic E-state index is 11.9. The van der Waals surface area contributed by atoms with Crippen LogP contribution < -0.4 is 16.4 Å². The minimum atomic E-state index is -1.56. The molecule has 0 unspecified atom stereocenters. The van der Waals surface area contributed by atoms with Gasteiger partial charge in [-0.25, -0.2) is 0 Å². The quantitative estimate of drug-likeness (QED) is 0.372. The number of carbonyl (C=O) groups excluding carboxylic acids is 2. The number of primary amides is 1. The number of amides is 2. The highest BCUT2D eigenvalue weighted by molar-refractivity contribution is 5.81. The first kappa shape index (κ1) is 20.8. The van der Waals surface area contributed by atoms with E-state index in [1.807, 2.05) is 20.9 Å². The van der Waals surface area contributed by atoms with Gasteiger partial charge in [0.25, 0.3) is 5.91 Å². The van der Waals surface area contributed by atoms with E-state index in [-0.39, 0.29) is 23.8 Å².